The third-order valence-corrected chi connectivity index (χ3v) is 2.22. The number of aromatic nitrogens is 3. The van der Waals surface area contributed by atoms with Gasteiger partial charge in [-0.1, -0.05) is 11.6 Å². The van der Waals surface area contributed by atoms with E-state index in [2.05, 4.69) is 15.4 Å². The van der Waals surface area contributed by atoms with Crippen molar-refractivity contribution in [3.05, 3.63) is 35.1 Å². The van der Waals surface area contributed by atoms with Crippen LogP contribution in [-0.2, 0) is 0 Å². The summed E-state index contributed by atoms with van der Waals surface area (Å²) in [6.45, 7) is 2.27. The highest BCUT2D eigenvalue weighted by Gasteiger charge is 2.13. The summed E-state index contributed by atoms with van der Waals surface area (Å²) in [5.74, 6) is -1.67. The van der Waals surface area contributed by atoms with E-state index in [1.54, 1.807) is 6.92 Å². The maximum Gasteiger partial charge on any atom is 0.191 e. The first-order valence-corrected chi connectivity index (χ1v) is 5.30. The Morgan fingerprint density at radius 2 is 2.18 bits per heavy atom. The average molecular weight is 259 g/mol. The van der Waals surface area contributed by atoms with E-state index in [0.717, 1.165) is 10.7 Å². The zero-order valence-corrected chi connectivity index (χ0v) is 9.67. The Labute approximate surface area is 101 Å². The molecule has 90 valence electrons. The summed E-state index contributed by atoms with van der Waals surface area (Å²) in [5.41, 5.74) is 0. The van der Waals surface area contributed by atoms with Crippen LogP contribution < -0.4 is 5.32 Å². The molecule has 0 aromatic carbocycles. The summed E-state index contributed by atoms with van der Waals surface area (Å²) < 4.78 is 28.0. The van der Waals surface area contributed by atoms with Crippen molar-refractivity contribution in [3.63, 3.8) is 0 Å². The van der Waals surface area contributed by atoms with Crippen LogP contribution in [0.5, 0.6) is 0 Å². The van der Waals surface area contributed by atoms with Gasteiger partial charge in [0, 0.05) is 12.6 Å². The fourth-order valence-electron chi connectivity index (χ4n) is 1.33. The van der Waals surface area contributed by atoms with Gasteiger partial charge in [0.05, 0.1) is 17.4 Å². The highest BCUT2D eigenvalue weighted by Crippen LogP contribution is 2.19. The van der Waals surface area contributed by atoms with Gasteiger partial charge >= 0.3 is 0 Å². The molecule has 2 aromatic heterocycles. The number of hydrogen-bond acceptors (Lipinski definition) is 3. The lowest BCUT2D eigenvalue weighted by Crippen LogP contribution is -2.08. The highest BCUT2D eigenvalue weighted by molar-refractivity contribution is 6.30. The first-order valence-electron chi connectivity index (χ1n) is 4.92. The van der Waals surface area contributed by atoms with E-state index in [1.807, 2.05) is 0 Å². The van der Waals surface area contributed by atoms with Crippen molar-refractivity contribution in [1.82, 2.24) is 14.8 Å². The van der Waals surface area contributed by atoms with Crippen LogP contribution in [0.15, 0.2) is 18.5 Å². The lowest BCUT2D eigenvalue weighted by molar-refractivity contribution is 0.563. The van der Waals surface area contributed by atoms with E-state index in [0.29, 0.717) is 11.6 Å². The number of rotatable bonds is 3. The van der Waals surface area contributed by atoms with Gasteiger partial charge in [-0.15, -0.1) is 0 Å². The van der Waals surface area contributed by atoms with Gasteiger partial charge in [0.2, 0.25) is 0 Å². The Bertz CT molecular complexity index is 541. The molecular formula is C10H9ClF2N4. The van der Waals surface area contributed by atoms with Crippen molar-refractivity contribution >= 4 is 17.4 Å². The van der Waals surface area contributed by atoms with Gasteiger partial charge in [0.25, 0.3) is 0 Å². The van der Waals surface area contributed by atoms with Crippen LogP contribution in [0.2, 0.25) is 5.02 Å². The first-order chi connectivity index (χ1) is 8.11. The van der Waals surface area contributed by atoms with Gasteiger partial charge in [-0.3, -0.25) is 0 Å². The molecule has 0 saturated carbocycles. The molecule has 7 heteroatoms. The molecule has 2 heterocycles. The summed E-state index contributed by atoms with van der Waals surface area (Å²) in [6, 6.07) is 0.760. The molecule has 0 aliphatic heterocycles. The number of nitrogens with one attached hydrogen (secondary N) is 1. The van der Waals surface area contributed by atoms with E-state index >= 15 is 0 Å². The standard InChI is InChI=1S/C10H9ClF2N4/c1-2-14-9-7(12)3-8(13)10(16-9)17-5-6(11)4-15-17/h3-5H,2H2,1H3,(H,14,16). The second kappa shape index (κ2) is 4.67. The maximum absolute atomic E-state index is 13.5. The molecule has 2 aromatic rings. The molecular weight excluding hydrogens is 250 g/mol. The van der Waals surface area contributed by atoms with Gasteiger partial charge in [-0.25, -0.2) is 18.4 Å². The van der Waals surface area contributed by atoms with Gasteiger partial charge < -0.3 is 5.32 Å². The van der Waals surface area contributed by atoms with Gasteiger partial charge in [-0.05, 0) is 6.92 Å². The number of pyridine rings is 1. The molecule has 0 radical (unpaired) electrons. The van der Waals surface area contributed by atoms with Crippen molar-refractivity contribution in [2.75, 3.05) is 11.9 Å². The number of nitrogens with zero attached hydrogens (tertiary/aromatic N) is 3. The smallest absolute Gasteiger partial charge is 0.191 e. The van der Waals surface area contributed by atoms with Crippen molar-refractivity contribution in [1.29, 1.82) is 0 Å². The van der Waals surface area contributed by atoms with Crippen LogP contribution >= 0.6 is 11.6 Å². The molecule has 2 rings (SSSR count). The van der Waals surface area contributed by atoms with Crippen molar-refractivity contribution in [2.24, 2.45) is 0 Å². The van der Waals surface area contributed by atoms with E-state index in [4.69, 9.17) is 11.6 Å². The molecule has 0 unspecified atom stereocenters. The SMILES string of the molecule is CCNc1nc(-n2cc(Cl)cn2)c(F)cc1F. The summed E-state index contributed by atoms with van der Waals surface area (Å²) >= 11 is 5.67. The van der Waals surface area contributed by atoms with Gasteiger partial charge in [-0.2, -0.15) is 5.10 Å². The predicted molar refractivity (Wildman–Crippen MR) is 60.4 cm³/mol. The summed E-state index contributed by atoms with van der Waals surface area (Å²) in [4.78, 5) is 3.83. The number of hydrogen-bond donors (Lipinski definition) is 1. The van der Waals surface area contributed by atoms with Gasteiger partial charge in [0.1, 0.15) is 0 Å². The highest BCUT2D eigenvalue weighted by atomic mass is 35.5. The zero-order chi connectivity index (χ0) is 12.4. The molecule has 0 bridgehead atoms. The van der Waals surface area contributed by atoms with Crippen molar-refractivity contribution in [2.45, 2.75) is 6.92 Å². The van der Waals surface area contributed by atoms with Crippen molar-refractivity contribution in [3.8, 4) is 5.82 Å². The van der Waals surface area contributed by atoms with Crippen LogP contribution in [0.1, 0.15) is 6.92 Å². The minimum absolute atomic E-state index is 0.0180. The summed E-state index contributed by atoms with van der Waals surface area (Å²) in [7, 11) is 0. The van der Waals surface area contributed by atoms with Crippen LogP contribution in [0.4, 0.5) is 14.6 Å². The molecule has 0 aliphatic carbocycles. The Morgan fingerprint density at radius 1 is 1.41 bits per heavy atom. The van der Waals surface area contributed by atoms with Crippen LogP contribution in [0.3, 0.4) is 0 Å². The molecule has 0 fully saturated rings. The van der Waals surface area contributed by atoms with Crippen molar-refractivity contribution < 1.29 is 8.78 Å². The fourth-order valence-corrected chi connectivity index (χ4v) is 1.46. The molecule has 4 nitrogen and oxygen atoms in total. The monoisotopic (exact) mass is 258 g/mol. The maximum atomic E-state index is 13.5. The first kappa shape index (κ1) is 11.8. The number of anilines is 1. The molecule has 17 heavy (non-hydrogen) atoms. The van der Waals surface area contributed by atoms with Gasteiger partial charge in [0.15, 0.2) is 23.3 Å². The molecule has 1 N–H and O–H groups in total. The third kappa shape index (κ3) is 2.36. The Morgan fingerprint density at radius 3 is 2.76 bits per heavy atom. The van der Waals surface area contributed by atoms with E-state index in [-0.39, 0.29) is 11.6 Å². The van der Waals surface area contributed by atoms with E-state index in [9.17, 15) is 8.78 Å². The fraction of sp³-hybridized carbons (Fsp3) is 0.200. The Kier molecular flexibility index (Phi) is 3.23. The lowest BCUT2D eigenvalue weighted by Gasteiger charge is -2.07. The van der Waals surface area contributed by atoms with E-state index in [1.165, 1.54) is 12.4 Å². The molecule has 0 atom stereocenters. The molecule has 0 spiro atoms. The number of halogens is 3. The quantitative estimate of drug-likeness (QED) is 0.920. The minimum atomic E-state index is -0.802. The molecule has 0 saturated heterocycles. The second-order valence-electron chi connectivity index (χ2n) is 3.26. The van der Waals surface area contributed by atoms with E-state index < -0.39 is 11.6 Å². The lowest BCUT2D eigenvalue weighted by atomic mass is 10.4. The second-order valence-corrected chi connectivity index (χ2v) is 3.69. The Hall–Kier alpha value is -1.69. The normalized spacial score (nSPS) is 10.6. The van der Waals surface area contributed by atoms with Crippen LogP contribution in [0, 0.1) is 11.6 Å². The molecule has 0 aliphatic rings. The van der Waals surface area contributed by atoms with Crippen LogP contribution in [0.25, 0.3) is 5.82 Å². The Balaban J connectivity index is 2.50. The summed E-state index contributed by atoms with van der Waals surface area (Å²) in [5, 5.41) is 6.85. The third-order valence-electron chi connectivity index (χ3n) is 2.02. The van der Waals surface area contributed by atoms with Crippen LogP contribution in [-0.4, -0.2) is 21.3 Å². The average Bonchev–Trinajstić information content (AvgIpc) is 2.69. The predicted octanol–water partition coefficient (Wildman–Crippen LogP) is 2.63. The summed E-state index contributed by atoms with van der Waals surface area (Å²) in [6.07, 6.45) is 2.74. The largest absolute Gasteiger partial charge is 0.368 e. The molecule has 0 amide bonds. The topological polar surface area (TPSA) is 42.7 Å². The zero-order valence-electron chi connectivity index (χ0n) is 8.91. The minimum Gasteiger partial charge on any atom is -0.368 e.